The summed E-state index contributed by atoms with van der Waals surface area (Å²) in [5.74, 6) is -0.125. The molecule has 0 aliphatic carbocycles. The maximum atomic E-state index is 13.6. The number of alkyl halides is 3. The van der Waals surface area contributed by atoms with Gasteiger partial charge in [0.2, 0.25) is 17.5 Å². The molecule has 0 saturated carbocycles. The standard InChI is InChI=1S/C27H34F3N5O3/c28-27(29,30)25-24(38-26(32-25)35-12-2-1-3-13-35)21(36)16-20-6-7-22(31-18-20)33-14-8-19(9-15-33)17-23(37)34-10-4-5-11-34/h6-7,18-19H,1-5,8-17H2. The molecule has 0 N–H and O–H groups in total. The van der Waals surface area contributed by atoms with Crippen molar-refractivity contribution in [2.45, 2.75) is 64.0 Å². The number of anilines is 2. The fourth-order valence-electron chi connectivity index (χ4n) is 5.59. The van der Waals surface area contributed by atoms with Gasteiger partial charge in [0.05, 0.1) is 0 Å². The number of nitrogens with zero attached hydrogens (tertiary/aromatic N) is 5. The van der Waals surface area contributed by atoms with E-state index in [4.69, 9.17) is 4.42 Å². The van der Waals surface area contributed by atoms with E-state index >= 15 is 0 Å². The third kappa shape index (κ3) is 6.13. The van der Waals surface area contributed by atoms with Gasteiger partial charge in [0.25, 0.3) is 6.01 Å². The number of pyridine rings is 1. The molecule has 38 heavy (non-hydrogen) atoms. The summed E-state index contributed by atoms with van der Waals surface area (Å²) < 4.78 is 46.3. The molecule has 206 valence electrons. The second-order valence-electron chi connectivity index (χ2n) is 10.6. The first kappa shape index (κ1) is 26.5. The lowest BCUT2D eigenvalue weighted by Crippen LogP contribution is -2.37. The van der Waals surface area contributed by atoms with Crippen molar-refractivity contribution < 1.29 is 27.2 Å². The highest BCUT2D eigenvalue weighted by Gasteiger charge is 2.41. The van der Waals surface area contributed by atoms with Crippen LogP contribution in [0.3, 0.4) is 0 Å². The topological polar surface area (TPSA) is 82.8 Å². The first-order valence-electron chi connectivity index (χ1n) is 13.6. The van der Waals surface area contributed by atoms with Gasteiger partial charge < -0.3 is 19.1 Å². The zero-order valence-electron chi connectivity index (χ0n) is 21.5. The van der Waals surface area contributed by atoms with Gasteiger partial charge in [0.1, 0.15) is 5.82 Å². The van der Waals surface area contributed by atoms with Crippen molar-refractivity contribution in [3.8, 4) is 0 Å². The summed E-state index contributed by atoms with van der Waals surface area (Å²) in [4.78, 5) is 39.2. The van der Waals surface area contributed by atoms with Crippen LogP contribution in [0.15, 0.2) is 22.7 Å². The molecule has 0 unspecified atom stereocenters. The number of ketones is 1. The molecule has 3 saturated heterocycles. The van der Waals surface area contributed by atoms with E-state index in [9.17, 15) is 22.8 Å². The minimum Gasteiger partial charge on any atom is -0.420 e. The number of halogens is 3. The second kappa shape index (κ2) is 11.3. The van der Waals surface area contributed by atoms with Gasteiger partial charge in [0.15, 0.2) is 5.69 Å². The van der Waals surface area contributed by atoms with Gasteiger partial charge >= 0.3 is 6.18 Å². The Morgan fingerprint density at radius 3 is 2.24 bits per heavy atom. The summed E-state index contributed by atoms with van der Waals surface area (Å²) >= 11 is 0. The Labute approximate surface area is 220 Å². The zero-order chi connectivity index (χ0) is 26.7. The largest absolute Gasteiger partial charge is 0.437 e. The van der Waals surface area contributed by atoms with Crippen LogP contribution < -0.4 is 9.80 Å². The number of rotatable bonds is 7. The molecule has 0 radical (unpaired) electrons. The molecule has 11 heteroatoms. The highest BCUT2D eigenvalue weighted by atomic mass is 19.4. The Bertz CT molecular complexity index is 1110. The van der Waals surface area contributed by atoms with E-state index in [0.717, 1.165) is 76.9 Å². The molecule has 0 aromatic carbocycles. The number of aromatic nitrogens is 2. The van der Waals surface area contributed by atoms with E-state index in [2.05, 4.69) is 14.9 Å². The normalized spacial score (nSPS) is 19.3. The molecule has 0 bridgehead atoms. The van der Waals surface area contributed by atoms with Crippen molar-refractivity contribution in [3.63, 3.8) is 0 Å². The van der Waals surface area contributed by atoms with Gasteiger partial charge in [-0.25, -0.2) is 4.98 Å². The van der Waals surface area contributed by atoms with Crippen LogP contribution in [0, 0.1) is 5.92 Å². The van der Waals surface area contributed by atoms with Crippen LogP contribution >= 0.6 is 0 Å². The van der Waals surface area contributed by atoms with Crippen molar-refractivity contribution in [1.29, 1.82) is 0 Å². The Morgan fingerprint density at radius 2 is 1.61 bits per heavy atom. The van der Waals surface area contributed by atoms with Gasteiger partial charge in [-0.3, -0.25) is 9.59 Å². The average Bonchev–Trinajstić information content (AvgIpc) is 3.61. The third-order valence-corrected chi connectivity index (χ3v) is 7.80. The molecule has 5 heterocycles. The number of hydrogen-bond donors (Lipinski definition) is 0. The van der Waals surface area contributed by atoms with Crippen molar-refractivity contribution in [2.24, 2.45) is 5.92 Å². The number of Topliss-reactive ketones (excluding diaryl/α,β-unsaturated/α-hetero) is 1. The second-order valence-corrected chi connectivity index (χ2v) is 10.6. The molecular weight excluding hydrogens is 499 g/mol. The minimum atomic E-state index is -4.78. The molecule has 2 aromatic heterocycles. The number of piperidine rings is 2. The average molecular weight is 534 g/mol. The fourth-order valence-corrected chi connectivity index (χ4v) is 5.59. The van der Waals surface area contributed by atoms with Gasteiger partial charge in [-0.05, 0) is 62.5 Å². The number of oxazole rings is 1. The number of amides is 1. The Hall–Kier alpha value is -3.11. The molecular formula is C27H34F3N5O3. The third-order valence-electron chi connectivity index (χ3n) is 7.80. The van der Waals surface area contributed by atoms with Crippen LogP contribution in [-0.2, 0) is 17.4 Å². The smallest absolute Gasteiger partial charge is 0.420 e. The summed E-state index contributed by atoms with van der Waals surface area (Å²) in [5, 5.41) is 0. The molecule has 5 rings (SSSR count). The molecule has 1 amide bonds. The lowest BCUT2D eigenvalue weighted by atomic mass is 9.93. The number of hydrogen-bond acceptors (Lipinski definition) is 7. The van der Waals surface area contributed by atoms with Crippen molar-refractivity contribution in [2.75, 3.05) is 49.1 Å². The highest BCUT2D eigenvalue weighted by molar-refractivity contribution is 5.96. The van der Waals surface area contributed by atoms with Crippen molar-refractivity contribution in [3.05, 3.63) is 35.3 Å². The first-order valence-corrected chi connectivity index (χ1v) is 13.6. The van der Waals surface area contributed by atoms with Crippen molar-refractivity contribution >= 4 is 23.5 Å². The van der Waals surface area contributed by atoms with Crippen LogP contribution in [0.5, 0.6) is 0 Å². The minimum absolute atomic E-state index is 0.139. The van der Waals surface area contributed by atoms with E-state index in [1.807, 2.05) is 4.90 Å². The molecule has 3 aliphatic rings. The van der Waals surface area contributed by atoms with Crippen LogP contribution in [0.4, 0.5) is 25.0 Å². The Morgan fingerprint density at radius 1 is 0.921 bits per heavy atom. The van der Waals surface area contributed by atoms with E-state index in [0.29, 0.717) is 31.0 Å². The number of carbonyl (C=O) groups excluding carboxylic acids is 2. The first-order chi connectivity index (χ1) is 18.3. The summed E-state index contributed by atoms with van der Waals surface area (Å²) in [6.45, 7) is 4.45. The highest BCUT2D eigenvalue weighted by Crippen LogP contribution is 2.35. The summed E-state index contributed by atoms with van der Waals surface area (Å²) in [6.07, 6.45) is 3.81. The SMILES string of the molecule is O=C(Cc1ccc(N2CCC(CC(=O)N3CCCC3)CC2)nc1)c1oc(N2CCCCC2)nc1C(F)(F)F. The number of carbonyl (C=O) groups is 2. The van der Waals surface area contributed by atoms with E-state index in [1.165, 1.54) is 6.20 Å². The summed E-state index contributed by atoms with van der Waals surface area (Å²) in [7, 11) is 0. The zero-order valence-corrected chi connectivity index (χ0v) is 21.5. The predicted molar refractivity (Wildman–Crippen MR) is 135 cm³/mol. The van der Waals surface area contributed by atoms with Gasteiger partial charge in [-0.15, -0.1) is 0 Å². The lowest BCUT2D eigenvalue weighted by molar-refractivity contribution is -0.141. The molecule has 0 spiro atoms. The van der Waals surface area contributed by atoms with Crippen LogP contribution in [0.2, 0.25) is 0 Å². The number of likely N-dealkylation sites (tertiary alicyclic amines) is 1. The quantitative estimate of drug-likeness (QED) is 0.476. The Kier molecular flexibility index (Phi) is 7.90. The van der Waals surface area contributed by atoms with Crippen LogP contribution in [0.1, 0.15) is 73.2 Å². The van der Waals surface area contributed by atoms with Crippen molar-refractivity contribution in [1.82, 2.24) is 14.9 Å². The maximum Gasteiger partial charge on any atom is 0.437 e. The van der Waals surface area contributed by atoms with E-state index in [1.54, 1.807) is 17.0 Å². The van der Waals surface area contributed by atoms with E-state index < -0.39 is 23.4 Å². The monoisotopic (exact) mass is 533 g/mol. The predicted octanol–water partition coefficient (Wildman–Crippen LogP) is 4.73. The summed E-state index contributed by atoms with van der Waals surface area (Å²) in [6, 6.07) is 3.38. The van der Waals surface area contributed by atoms with Gasteiger partial charge in [-0.2, -0.15) is 18.2 Å². The van der Waals surface area contributed by atoms with Crippen LogP contribution in [-0.4, -0.2) is 65.8 Å². The van der Waals surface area contributed by atoms with Gasteiger partial charge in [0, 0.05) is 58.3 Å². The maximum absolute atomic E-state index is 13.6. The molecule has 8 nitrogen and oxygen atoms in total. The lowest BCUT2D eigenvalue weighted by Gasteiger charge is -2.33. The molecule has 0 atom stereocenters. The van der Waals surface area contributed by atoms with E-state index in [-0.39, 0.29) is 18.3 Å². The summed E-state index contributed by atoms with van der Waals surface area (Å²) in [5.41, 5.74) is -0.757. The molecule has 2 aromatic rings. The Balaban J connectivity index is 1.18. The molecule has 3 fully saturated rings. The molecule has 3 aliphatic heterocycles. The fraction of sp³-hybridized carbons (Fsp3) is 0.630. The van der Waals surface area contributed by atoms with Crippen LogP contribution in [0.25, 0.3) is 0 Å². The van der Waals surface area contributed by atoms with Gasteiger partial charge in [-0.1, -0.05) is 6.07 Å².